The summed E-state index contributed by atoms with van der Waals surface area (Å²) in [6.45, 7) is 8.64. The van der Waals surface area contributed by atoms with Crippen LogP contribution in [0.15, 0.2) is 29.4 Å². The fourth-order valence-corrected chi connectivity index (χ4v) is 3.66. The molecule has 8 nitrogen and oxygen atoms in total. The minimum Gasteiger partial charge on any atom is -0.382 e. The Morgan fingerprint density at radius 2 is 2.03 bits per heavy atom. The molecule has 1 N–H and O–H groups in total. The van der Waals surface area contributed by atoms with Crippen molar-refractivity contribution in [3.05, 3.63) is 52.3 Å². The molecule has 31 heavy (non-hydrogen) atoms. The van der Waals surface area contributed by atoms with Crippen LogP contribution >= 0.6 is 0 Å². The fourth-order valence-electron chi connectivity index (χ4n) is 3.66. The maximum atomic E-state index is 12.5. The van der Waals surface area contributed by atoms with Gasteiger partial charge in [-0.25, -0.2) is 4.68 Å². The van der Waals surface area contributed by atoms with Gasteiger partial charge in [-0.2, -0.15) is 5.10 Å². The molecule has 1 aliphatic rings. The number of aromatic nitrogens is 2. The van der Waals surface area contributed by atoms with Crippen molar-refractivity contribution in [2.24, 2.45) is 5.16 Å². The van der Waals surface area contributed by atoms with Gasteiger partial charge < -0.3 is 14.9 Å². The summed E-state index contributed by atoms with van der Waals surface area (Å²) in [6, 6.07) is 7.62. The lowest BCUT2D eigenvalue weighted by molar-refractivity contribution is -0.120. The first kappa shape index (κ1) is 22.7. The summed E-state index contributed by atoms with van der Waals surface area (Å²) in [5, 5.41) is 11.6. The predicted octanol–water partition coefficient (Wildman–Crippen LogP) is 3.24. The van der Waals surface area contributed by atoms with Crippen molar-refractivity contribution in [2.45, 2.75) is 59.3 Å². The molecule has 0 fully saturated rings. The number of ether oxygens (including phenoxy) is 1. The molecule has 1 aromatic carbocycles. The molecule has 1 aliphatic heterocycles. The summed E-state index contributed by atoms with van der Waals surface area (Å²) < 4.78 is 6.96. The summed E-state index contributed by atoms with van der Waals surface area (Å²) in [4.78, 5) is 30.0. The lowest BCUT2D eigenvalue weighted by atomic mass is 9.91. The molecule has 2 aromatic rings. The smallest absolute Gasteiger partial charge is 0.220 e. The summed E-state index contributed by atoms with van der Waals surface area (Å²) in [6.07, 6.45) is 0.958. The van der Waals surface area contributed by atoms with Gasteiger partial charge in [0.1, 0.15) is 12.4 Å². The Kier molecular flexibility index (Phi) is 6.90. The second kappa shape index (κ2) is 9.43. The number of benzene rings is 1. The molecule has 1 unspecified atom stereocenters. The number of nitrogens with one attached hydrogen (secondary N) is 1. The largest absolute Gasteiger partial charge is 0.382 e. The first-order chi connectivity index (χ1) is 14.8. The van der Waals surface area contributed by atoms with Crippen LogP contribution in [-0.2, 0) is 26.7 Å². The highest BCUT2D eigenvalue weighted by Gasteiger charge is 2.39. The van der Waals surface area contributed by atoms with Gasteiger partial charge in [0, 0.05) is 44.2 Å². The van der Waals surface area contributed by atoms with Crippen LogP contribution in [0.1, 0.15) is 66.0 Å². The van der Waals surface area contributed by atoms with E-state index in [1.165, 1.54) is 0 Å². The first-order valence-corrected chi connectivity index (χ1v) is 10.5. The van der Waals surface area contributed by atoms with Gasteiger partial charge in [-0.3, -0.25) is 9.59 Å². The average Bonchev–Trinajstić information content (AvgIpc) is 3.31. The lowest BCUT2D eigenvalue weighted by Gasteiger charge is -2.18. The molecule has 0 aliphatic carbocycles. The van der Waals surface area contributed by atoms with Crippen LogP contribution in [0.25, 0.3) is 0 Å². The maximum Gasteiger partial charge on any atom is 0.220 e. The second-order valence-electron chi connectivity index (χ2n) is 8.03. The van der Waals surface area contributed by atoms with Crippen LogP contribution in [-0.4, -0.2) is 40.8 Å². The molecule has 0 spiro atoms. The lowest BCUT2D eigenvalue weighted by Crippen LogP contribution is -2.23. The van der Waals surface area contributed by atoms with Crippen molar-refractivity contribution in [2.75, 3.05) is 13.7 Å². The Balaban J connectivity index is 1.70. The van der Waals surface area contributed by atoms with E-state index < -0.39 is 5.60 Å². The van der Waals surface area contributed by atoms with E-state index in [0.29, 0.717) is 25.3 Å². The monoisotopic (exact) mass is 426 g/mol. The SMILES string of the molecule is CCNC(=O)CCC(=O)c1ccc(C2=NOC(C)(c3cc(C)n(COC)n3)C2)cc1C. The summed E-state index contributed by atoms with van der Waals surface area (Å²) in [5.41, 5.74) is 4.34. The second-order valence-corrected chi connectivity index (χ2v) is 8.03. The number of Topliss-reactive ketones (excluding diaryl/α,β-unsaturated/α-hetero) is 1. The number of nitrogens with zero attached hydrogens (tertiary/aromatic N) is 3. The van der Waals surface area contributed by atoms with Crippen molar-refractivity contribution in [3.8, 4) is 0 Å². The number of hydrogen-bond acceptors (Lipinski definition) is 6. The van der Waals surface area contributed by atoms with E-state index in [4.69, 9.17) is 9.57 Å². The summed E-state index contributed by atoms with van der Waals surface area (Å²) in [7, 11) is 1.63. The van der Waals surface area contributed by atoms with Crippen LogP contribution in [0.2, 0.25) is 0 Å². The van der Waals surface area contributed by atoms with Crippen molar-refractivity contribution >= 4 is 17.4 Å². The van der Waals surface area contributed by atoms with E-state index in [1.54, 1.807) is 17.9 Å². The minimum absolute atomic E-state index is 0.0380. The Morgan fingerprint density at radius 1 is 1.26 bits per heavy atom. The van der Waals surface area contributed by atoms with Crippen LogP contribution in [0.3, 0.4) is 0 Å². The highest BCUT2D eigenvalue weighted by molar-refractivity contribution is 6.04. The number of oxime groups is 1. The van der Waals surface area contributed by atoms with E-state index in [-0.39, 0.29) is 24.5 Å². The van der Waals surface area contributed by atoms with Gasteiger partial charge >= 0.3 is 0 Å². The molecule has 0 radical (unpaired) electrons. The standard InChI is InChI=1S/C23H30N4O4/c1-6-24-22(29)10-9-20(28)18-8-7-17(11-15(18)2)19-13-23(4,31-26-19)21-12-16(3)27(25-21)14-30-5/h7-8,11-12H,6,9-10,13-14H2,1-5H3,(H,24,29). The normalized spacial score (nSPS) is 17.9. The molecular weight excluding hydrogens is 396 g/mol. The Morgan fingerprint density at radius 3 is 2.71 bits per heavy atom. The van der Waals surface area contributed by atoms with Gasteiger partial charge in [0.2, 0.25) is 5.91 Å². The third kappa shape index (κ3) is 5.02. The van der Waals surface area contributed by atoms with E-state index >= 15 is 0 Å². The average molecular weight is 427 g/mol. The molecule has 1 atom stereocenters. The Labute approximate surface area is 182 Å². The molecule has 0 saturated heterocycles. The topological polar surface area (TPSA) is 94.8 Å². The molecule has 0 saturated carbocycles. The van der Waals surface area contributed by atoms with Crippen molar-refractivity contribution in [3.63, 3.8) is 0 Å². The minimum atomic E-state index is -0.659. The van der Waals surface area contributed by atoms with E-state index in [1.807, 2.05) is 45.9 Å². The summed E-state index contributed by atoms with van der Waals surface area (Å²) >= 11 is 0. The number of methoxy groups -OCH3 is 1. The van der Waals surface area contributed by atoms with Crippen molar-refractivity contribution in [1.29, 1.82) is 0 Å². The zero-order valence-corrected chi connectivity index (χ0v) is 18.8. The third-order valence-electron chi connectivity index (χ3n) is 5.45. The molecule has 3 rings (SSSR count). The number of ketones is 1. The van der Waals surface area contributed by atoms with Gasteiger partial charge in [0.25, 0.3) is 0 Å². The molecule has 2 heterocycles. The number of aryl methyl sites for hydroxylation is 2. The quantitative estimate of drug-likeness (QED) is 0.621. The van der Waals surface area contributed by atoms with Gasteiger partial charge in [-0.1, -0.05) is 17.3 Å². The number of hydrogen-bond donors (Lipinski definition) is 1. The zero-order chi connectivity index (χ0) is 22.6. The number of carbonyl (C=O) groups is 2. The van der Waals surface area contributed by atoms with Crippen molar-refractivity contribution in [1.82, 2.24) is 15.1 Å². The Hall–Kier alpha value is -3.00. The highest BCUT2D eigenvalue weighted by Crippen LogP contribution is 2.36. The number of amides is 1. The molecule has 0 bridgehead atoms. The van der Waals surface area contributed by atoms with Gasteiger partial charge in [0.05, 0.1) is 5.71 Å². The first-order valence-electron chi connectivity index (χ1n) is 10.5. The number of carbonyl (C=O) groups excluding carboxylic acids is 2. The van der Waals surface area contributed by atoms with E-state index in [0.717, 1.165) is 28.2 Å². The van der Waals surface area contributed by atoms with Gasteiger partial charge in [0.15, 0.2) is 11.4 Å². The zero-order valence-electron chi connectivity index (χ0n) is 18.8. The predicted molar refractivity (Wildman–Crippen MR) is 117 cm³/mol. The fraction of sp³-hybridized carbons (Fsp3) is 0.478. The molecule has 1 aromatic heterocycles. The summed E-state index contributed by atoms with van der Waals surface area (Å²) in [5.74, 6) is -0.144. The van der Waals surface area contributed by atoms with Crippen LogP contribution in [0.5, 0.6) is 0 Å². The van der Waals surface area contributed by atoms with Crippen LogP contribution < -0.4 is 5.32 Å². The van der Waals surface area contributed by atoms with E-state index in [9.17, 15) is 9.59 Å². The highest BCUT2D eigenvalue weighted by atomic mass is 16.7. The van der Waals surface area contributed by atoms with Crippen LogP contribution in [0, 0.1) is 13.8 Å². The molecule has 8 heteroatoms. The van der Waals surface area contributed by atoms with Gasteiger partial charge in [-0.15, -0.1) is 0 Å². The molecule has 1 amide bonds. The van der Waals surface area contributed by atoms with Crippen LogP contribution in [0.4, 0.5) is 0 Å². The van der Waals surface area contributed by atoms with Gasteiger partial charge in [-0.05, 0) is 51.0 Å². The molecule has 166 valence electrons. The Bertz CT molecular complexity index is 1010. The number of rotatable bonds is 9. The third-order valence-corrected chi connectivity index (χ3v) is 5.45. The maximum absolute atomic E-state index is 12.5. The van der Waals surface area contributed by atoms with Crippen molar-refractivity contribution < 1.29 is 19.2 Å². The van der Waals surface area contributed by atoms with E-state index in [2.05, 4.69) is 15.6 Å². The molecular formula is C23H30N4O4.